The van der Waals surface area contributed by atoms with E-state index in [0.717, 1.165) is 19.3 Å². The molecule has 0 aliphatic rings. The summed E-state index contributed by atoms with van der Waals surface area (Å²) in [5.41, 5.74) is -0.223. The minimum absolute atomic E-state index is 0.223. The van der Waals surface area contributed by atoms with Crippen molar-refractivity contribution in [1.82, 2.24) is 0 Å². The first-order chi connectivity index (χ1) is 7.56. The van der Waals surface area contributed by atoms with E-state index in [-0.39, 0.29) is 5.56 Å². The molecule has 1 rings (SSSR count). The number of rotatable bonds is 5. The molecule has 0 spiro atoms. The highest BCUT2D eigenvalue weighted by Gasteiger charge is 2.18. The van der Waals surface area contributed by atoms with Crippen molar-refractivity contribution in [2.75, 3.05) is 0 Å². The molecule has 1 unspecified atom stereocenters. The smallest absolute Gasteiger partial charge is 0.133 e. The van der Waals surface area contributed by atoms with Crippen molar-refractivity contribution in [3.8, 4) is 0 Å². The lowest BCUT2D eigenvalue weighted by Gasteiger charge is -2.11. The Labute approximate surface area is 98.4 Å². The van der Waals surface area contributed by atoms with Crippen LogP contribution in [0.25, 0.3) is 0 Å². The highest BCUT2D eigenvalue weighted by Crippen LogP contribution is 2.31. The zero-order valence-electron chi connectivity index (χ0n) is 9.07. The summed E-state index contributed by atoms with van der Waals surface area (Å²) in [6.07, 6.45) is 3.28. The standard InChI is InChI=1S/C12H14ClF3/c1-2-3-4-5-9(13)12-10(15)6-8(14)7-11(12)16/h6-7,9H,2-5H2,1H3. The average molecular weight is 251 g/mol. The second-order valence-electron chi connectivity index (χ2n) is 3.75. The fourth-order valence-electron chi connectivity index (χ4n) is 1.57. The maximum Gasteiger partial charge on any atom is 0.133 e. The Morgan fingerprint density at radius 3 is 2.19 bits per heavy atom. The molecule has 0 fully saturated rings. The molecular formula is C12H14ClF3. The van der Waals surface area contributed by atoms with Gasteiger partial charge in [-0.25, -0.2) is 13.2 Å². The topological polar surface area (TPSA) is 0 Å². The molecule has 0 amide bonds. The molecule has 0 aliphatic carbocycles. The van der Waals surface area contributed by atoms with Gasteiger partial charge >= 0.3 is 0 Å². The summed E-state index contributed by atoms with van der Waals surface area (Å²) >= 11 is 5.90. The van der Waals surface area contributed by atoms with Gasteiger partial charge in [-0.05, 0) is 6.42 Å². The Bertz CT molecular complexity index is 329. The normalized spacial score (nSPS) is 12.8. The van der Waals surface area contributed by atoms with Crippen molar-refractivity contribution in [1.29, 1.82) is 0 Å². The summed E-state index contributed by atoms with van der Waals surface area (Å²) in [6.45, 7) is 2.03. The molecule has 1 atom stereocenters. The van der Waals surface area contributed by atoms with E-state index in [9.17, 15) is 13.2 Å². The number of hydrogen-bond donors (Lipinski definition) is 0. The van der Waals surface area contributed by atoms with Crippen molar-refractivity contribution < 1.29 is 13.2 Å². The summed E-state index contributed by atoms with van der Waals surface area (Å²) in [5.74, 6) is -2.74. The molecule has 4 heteroatoms. The van der Waals surface area contributed by atoms with Crippen LogP contribution in [-0.4, -0.2) is 0 Å². The summed E-state index contributed by atoms with van der Waals surface area (Å²) in [7, 11) is 0. The van der Waals surface area contributed by atoms with Crippen molar-refractivity contribution in [3.63, 3.8) is 0 Å². The highest BCUT2D eigenvalue weighted by atomic mass is 35.5. The molecule has 0 heterocycles. The molecule has 0 aliphatic heterocycles. The lowest BCUT2D eigenvalue weighted by molar-refractivity contribution is 0.512. The summed E-state index contributed by atoms with van der Waals surface area (Å²) in [6, 6.07) is 1.32. The van der Waals surface area contributed by atoms with Crippen LogP contribution >= 0.6 is 11.6 Å². The quantitative estimate of drug-likeness (QED) is 0.512. The Kier molecular flexibility index (Phi) is 5.13. The fourth-order valence-corrected chi connectivity index (χ4v) is 1.93. The number of alkyl halides is 1. The first kappa shape index (κ1) is 13.4. The van der Waals surface area contributed by atoms with Crippen LogP contribution in [0, 0.1) is 17.5 Å². The van der Waals surface area contributed by atoms with E-state index < -0.39 is 22.8 Å². The van der Waals surface area contributed by atoms with Gasteiger partial charge in [0, 0.05) is 17.7 Å². The summed E-state index contributed by atoms with van der Waals surface area (Å²) < 4.78 is 39.3. The molecule has 0 saturated carbocycles. The van der Waals surface area contributed by atoms with Crippen molar-refractivity contribution in [2.45, 2.75) is 38.0 Å². The molecule has 0 N–H and O–H groups in total. The van der Waals surface area contributed by atoms with Crippen molar-refractivity contribution >= 4 is 11.6 Å². The third kappa shape index (κ3) is 3.41. The van der Waals surface area contributed by atoms with Crippen LogP contribution in [-0.2, 0) is 0 Å². The van der Waals surface area contributed by atoms with E-state index >= 15 is 0 Å². The van der Waals surface area contributed by atoms with Crippen LogP contribution in [0.15, 0.2) is 12.1 Å². The van der Waals surface area contributed by atoms with Crippen molar-refractivity contribution in [2.24, 2.45) is 0 Å². The molecule has 1 aromatic carbocycles. The van der Waals surface area contributed by atoms with Gasteiger partial charge in [0.1, 0.15) is 17.5 Å². The molecule has 0 nitrogen and oxygen atoms in total. The zero-order valence-corrected chi connectivity index (χ0v) is 9.83. The van der Waals surface area contributed by atoms with Gasteiger partial charge in [0.2, 0.25) is 0 Å². The van der Waals surface area contributed by atoms with Crippen LogP contribution in [0.2, 0.25) is 0 Å². The first-order valence-electron chi connectivity index (χ1n) is 5.34. The minimum atomic E-state index is -0.920. The molecule has 1 aromatic rings. The van der Waals surface area contributed by atoms with E-state index in [0.29, 0.717) is 18.6 Å². The Hall–Kier alpha value is -0.700. The lowest BCUT2D eigenvalue weighted by Crippen LogP contribution is -2.01. The van der Waals surface area contributed by atoms with Crippen LogP contribution in [0.3, 0.4) is 0 Å². The number of halogens is 4. The molecule has 0 radical (unpaired) electrons. The predicted octanol–water partition coefficient (Wildman–Crippen LogP) is 4.96. The second kappa shape index (κ2) is 6.14. The van der Waals surface area contributed by atoms with Crippen molar-refractivity contribution in [3.05, 3.63) is 35.1 Å². The number of hydrogen-bond acceptors (Lipinski definition) is 0. The molecule has 0 saturated heterocycles. The second-order valence-corrected chi connectivity index (χ2v) is 4.27. The van der Waals surface area contributed by atoms with Gasteiger partial charge in [0.05, 0.1) is 5.38 Å². The van der Waals surface area contributed by atoms with E-state index in [4.69, 9.17) is 11.6 Å². The van der Waals surface area contributed by atoms with E-state index in [1.807, 2.05) is 6.92 Å². The van der Waals surface area contributed by atoms with Gasteiger partial charge in [-0.1, -0.05) is 26.2 Å². The average Bonchev–Trinajstić information content (AvgIpc) is 2.16. The van der Waals surface area contributed by atoms with Gasteiger partial charge in [-0.15, -0.1) is 11.6 Å². The van der Waals surface area contributed by atoms with Gasteiger partial charge in [-0.2, -0.15) is 0 Å². The fraction of sp³-hybridized carbons (Fsp3) is 0.500. The van der Waals surface area contributed by atoms with E-state index in [1.54, 1.807) is 0 Å². The zero-order chi connectivity index (χ0) is 12.1. The highest BCUT2D eigenvalue weighted by molar-refractivity contribution is 6.20. The summed E-state index contributed by atoms with van der Waals surface area (Å²) in [4.78, 5) is 0. The minimum Gasteiger partial charge on any atom is -0.207 e. The van der Waals surface area contributed by atoms with Crippen LogP contribution in [0.1, 0.15) is 43.5 Å². The van der Waals surface area contributed by atoms with E-state index in [1.165, 1.54) is 0 Å². The van der Waals surface area contributed by atoms with Crippen LogP contribution in [0.5, 0.6) is 0 Å². The number of unbranched alkanes of at least 4 members (excludes halogenated alkanes) is 2. The SMILES string of the molecule is CCCCCC(Cl)c1c(F)cc(F)cc1F. The third-order valence-electron chi connectivity index (χ3n) is 2.42. The Morgan fingerprint density at radius 2 is 1.69 bits per heavy atom. The lowest BCUT2D eigenvalue weighted by atomic mass is 10.0. The van der Waals surface area contributed by atoms with Crippen LogP contribution in [0.4, 0.5) is 13.2 Å². The largest absolute Gasteiger partial charge is 0.207 e. The van der Waals surface area contributed by atoms with Gasteiger partial charge in [0.25, 0.3) is 0 Å². The maximum atomic E-state index is 13.3. The molecule has 0 bridgehead atoms. The van der Waals surface area contributed by atoms with Crippen LogP contribution < -0.4 is 0 Å². The Morgan fingerprint density at radius 1 is 1.12 bits per heavy atom. The maximum absolute atomic E-state index is 13.3. The Balaban J connectivity index is 2.78. The van der Waals surface area contributed by atoms with Gasteiger partial charge < -0.3 is 0 Å². The van der Waals surface area contributed by atoms with E-state index in [2.05, 4.69) is 0 Å². The monoisotopic (exact) mass is 250 g/mol. The molecule has 0 aromatic heterocycles. The van der Waals surface area contributed by atoms with Gasteiger partial charge in [-0.3, -0.25) is 0 Å². The van der Waals surface area contributed by atoms with Gasteiger partial charge in [0.15, 0.2) is 0 Å². The first-order valence-corrected chi connectivity index (χ1v) is 5.78. The summed E-state index contributed by atoms with van der Waals surface area (Å²) in [5, 5.41) is -0.729. The molecule has 90 valence electrons. The molecular weight excluding hydrogens is 237 g/mol. The number of benzene rings is 1. The third-order valence-corrected chi connectivity index (χ3v) is 2.85. The predicted molar refractivity (Wildman–Crippen MR) is 59.1 cm³/mol. The molecule has 16 heavy (non-hydrogen) atoms.